The van der Waals surface area contributed by atoms with Crippen LogP contribution in [0.2, 0.25) is 0 Å². The van der Waals surface area contributed by atoms with Gasteiger partial charge < -0.3 is 4.57 Å². The quantitative estimate of drug-likeness (QED) is 0.267. The maximum Gasteiger partial charge on any atom is 0.270 e. The normalized spacial score (nSPS) is 10.8. The second-order valence-electron chi connectivity index (χ2n) is 4.18. The van der Waals surface area contributed by atoms with Gasteiger partial charge in [-0.05, 0) is 12.5 Å². The first-order valence-corrected chi connectivity index (χ1v) is 7.59. The monoisotopic (exact) mass is 330 g/mol. The van der Waals surface area contributed by atoms with Crippen LogP contribution in [0.1, 0.15) is 6.42 Å². The Hall–Kier alpha value is -1.67. The molecule has 112 valence electrons. The Labute approximate surface area is 129 Å². The summed E-state index contributed by atoms with van der Waals surface area (Å²) in [6, 6.07) is 3.33. The maximum atomic E-state index is 13.9. The number of nitro benzene ring substituents is 1. The molecule has 0 saturated carbocycles. The number of thioether (sulfide) groups is 1. The summed E-state index contributed by atoms with van der Waals surface area (Å²) in [5, 5.41) is 19.3. The zero-order chi connectivity index (χ0) is 15.4. The number of benzene rings is 1. The molecule has 2 rings (SSSR count). The molecule has 0 fully saturated rings. The van der Waals surface area contributed by atoms with Crippen molar-refractivity contribution in [3.63, 3.8) is 0 Å². The molecule has 6 nitrogen and oxygen atoms in total. The lowest BCUT2D eigenvalue weighted by Crippen LogP contribution is -1.98. The van der Waals surface area contributed by atoms with Crippen LogP contribution in [-0.4, -0.2) is 31.3 Å². The second-order valence-corrected chi connectivity index (χ2v) is 5.62. The zero-order valence-electron chi connectivity index (χ0n) is 11.1. The molecule has 0 N–H and O–H groups in total. The Balaban J connectivity index is 2.34. The Morgan fingerprint density at radius 2 is 2.24 bits per heavy atom. The molecule has 0 atom stereocenters. The van der Waals surface area contributed by atoms with Gasteiger partial charge in [-0.25, -0.2) is 4.39 Å². The van der Waals surface area contributed by atoms with Gasteiger partial charge in [0, 0.05) is 30.8 Å². The van der Waals surface area contributed by atoms with Gasteiger partial charge in [-0.15, -0.1) is 21.8 Å². The average molecular weight is 331 g/mol. The van der Waals surface area contributed by atoms with Crippen molar-refractivity contribution in [3.8, 4) is 11.4 Å². The number of rotatable bonds is 6. The molecule has 1 aromatic heterocycles. The molecule has 0 spiro atoms. The van der Waals surface area contributed by atoms with Gasteiger partial charge in [0.05, 0.1) is 10.5 Å². The summed E-state index contributed by atoms with van der Waals surface area (Å²) in [7, 11) is 1.69. The summed E-state index contributed by atoms with van der Waals surface area (Å²) in [4.78, 5) is 10.2. The van der Waals surface area contributed by atoms with Crippen LogP contribution < -0.4 is 0 Å². The van der Waals surface area contributed by atoms with E-state index in [-0.39, 0.29) is 17.1 Å². The van der Waals surface area contributed by atoms with Crippen LogP contribution >= 0.6 is 23.4 Å². The van der Waals surface area contributed by atoms with E-state index in [1.165, 1.54) is 11.8 Å². The van der Waals surface area contributed by atoms with Crippen LogP contribution in [0, 0.1) is 15.9 Å². The van der Waals surface area contributed by atoms with Gasteiger partial charge in [0.1, 0.15) is 5.82 Å². The number of non-ortho nitro benzene ring substituents is 1. The highest BCUT2D eigenvalue weighted by Crippen LogP contribution is 2.28. The smallest absolute Gasteiger partial charge is 0.270 e. The fraction of sp³-hybridized carbons (Fsp3) is 0.333. The van der Waals surface area contributed by atoms with E-state index >= 15 is 0 Å². The molecule has 0 unspecified atom stereocenters. The first-order chi connectivity index (χ1) is 10.0. The predicted molar refractivity (Wildman–Crippen MR) is 79.1 cm³/mol. The average Bonchev–Trinajstić information content (AvgIpc) is 2.81. The molecule has 0 amide bonds. The standard InChI is InChI=1S/C12H12ClFN4O2S/c1-17-11(15-16-12(17)21-6-2-5-13)9-7-8(18(19)20)3-4-10(9)14/h3-4,7H,2,5-6H2,1H3. The van der Waals surface area contributed by atoms with Crippen LogP contribution in [0.4, 0.5) is 10.1 Å². The van der Waals surface area contributed by atoms with Crippen molar-refractivity contribution in [2.75, 3.05) is 11.6 Å². The van der Waals surface area contributed by atoms with Crippen LogP contribution in [0.3, 0.4) is 0 Å². The minimum Gasteiger partial charge on any atom is -0.305 e. The van der Waals surface area contributed by atoms with Crippen molar-refractivity contribution in [3.05, 3.63) is 34.1 Å². The Morgan fingerprint density at radius 3 is 2.90 bits per heavy atom. The number of alkyl halides is 1. The summed E-state index contributed by atoms with van der Waals surface area (Å²) < 4.78 is 15.5. The third-order valence-electron chi connectivity index (χ3n) is 2.75. The lowest BCUT2D eigenvalue weighted by molar-refractivity contribution is -0.384. The van der Waals surface area contributed by atoms with Crippen LogP contribution in [0.15, 0.2) is 23.4 Å². The topological polar surface area (TPSA) is 73.8 Å². The zero-order valence-corrected chi connectivity index (χ0v) is 12.7. The highest BCUT2D eigenvalue weighted by Gasteiger charge is 2.18. The molecule has 1 heterocycles. The lowest BCUT2D eigenvalue weighted by Gasteiger charge is -2.04. The largest absolute Gasteiger partial charge is 0.305 e. The van der Waals surface area contributed by atoms with E-state index in [4.69, 9.17) is 11.6 Å². The fourth-order valence-electron chi connectivity index (χ4n) is 1.69. The van der Waals surface area contributed by atoms with E-state index in [0.29, 0.717) is 11.0 Å². The SMILES string of the molecule is Cn1c(SCCCCl)nnc1-c1cc([N+](=O)[O-])ccc1F. The highest BCUT2D eigenvalue weighted by atomic mass is 35.5. The summed E-state index contributed by atoms with van der Waals surface area (Å²) in [6.45, 7) is 0. The molecule has 0 aliphatic rings. The van der Waals surface area contributed by atoms with Crippen molar-refractivity contribution in [2.45, 2.75) is 11.6 Å². The Bertz CT molecular complexity index is 665. The maximum absolute atomic E-state index is 13.9. The van der Waals surface area contributed by atoms with E-state index in [2.05, 4.69) is 10.2 Å². The Morgan fingerprint density at radius 1 is 1.48 bits per heavy atom. The van der Waals surface area contributed by atoms with E-state index < -0.39 is 10.7 Å². The summed E-state index contributed by atoms with van der Waals surface area (Å²) >= 11 is 7.06. The third-order valence-corrected chi connectivity index (χ3v) is 4.12. The van der Waals surface area contributed by atoms with E-state index in [1.807, 2.05) is 0 Å². The van der Waals surface area contributed by atoms with Gasteiger partial charge >= 0.3 is 0 Å². The van der Waals surface area contributed by atoms with Gasteiger partial charge in [-0.3, -0.25) is 10.1 Å². The Kier molecular flexibility index (Phi) is 5.13. The number of aromatic nitrogens is 3. The molecule has 0 bridgehead atoms. The van der Waals surface area contributed by atoms with Gasteiger partial charge in [-0.2, -0.15) is 0 Å². The molecule has 0 aliphatic heterocycles. The molecule has 2 aromatic rings. The molecule has 0 aliphatic carbocycles. The number of hydrogen-bond donors (Lipinski definition) is 0. The highest BCUT2D eigenvalue weighted by molar-refractivity contribution is 7.99. The fourth-order valence-corrected chi connectivity index (χ4v) is 2.83. The van der Waals surface area contributed by atoms with Gasteiger partial charge in [0.2, 0.25) is 0 Å². The van der Waals surface area contributed by atoms with Crippen LogP contribution in [-0.2, 0) is 7.05 Å². The lowest BCUT2D eigenvalue weighted by atomic mass is 10.2. The van der Waals surface area contributed by atoms with Crippen molar-refractivity contribution in [1.82, 2.24) is 14.8 Å². The first-order valence-electron chi connectivity index (χ1n) is 6.07. The predicted octanol–water partition coefficient (Wildman–Crippen LogP) is 3.25. The summed E-state index contributed by atoms with van der Waals surface area (Å²) in [5.74, 6) is 1.00. The van der Waals surface area contributed by atoms with Gasteiger partial charge in [0.25, 0.3) is 5.69 Å². The molecule has 9 heteroatoms. The first kappa shape index (κ1) is 15.7. The third kappa shape index (κ3) is 3.51. The molecular formula is C12H12ClFN4O2S. The number of nitrogens with zero attached hydrogens (tertiary/aromatic N) is 4. The number of hydrogen-bond acceptors (Lipinski definition) is 5. The van der Waals surface area contributed by atoms with Crippen molar-refractivity contribution in [2.24, 2.45) is 7.05 Å². The van der Waals surface area contributed by atoms with E-state index in [9.17, 15) is 14.5 Å². The minimum atomic E-state index is -0.576. The van der Waals surface area contributed by atoms with Crippen molar-refractivity contribution in [1.29, 1.82) is 0 Å². The van der Waals surface area contributed by atoms with Gasteiger partial charge in [0.15, 0.2) is 11.0 Å². The minimum absolute atomic E-state index is 0.0587. The molecule has 0 saturated heterocycles. The molecule has 0 radical (unpaired) electrons. The van der Waals surface area contributed by atoms with Crippen LogP contribution in [0.25, 0.3) is 11.4 Å². The summed E-state index contributed by atoms with van der Waals surface area (Å²) in [5.41, 5.74) is -0.130. The molecule has 21 heavy (non-hydrogen) atoms. The summed E-state index contributed by atoms with van der Waals surface area (Å²) in [6.07, 6.45) is 0.819. The van der Waals surface area contributed by atoms with E-state index in [1.54, 1.807) is 11.6 Å². The van der Waals surface area contributed by atoms with Gasteiger partial charge in [-0.1, -0.05) is 11.8 Å². The van der Waals surface area contributed by atoms with E-state index in [0.717, 1.165) is 30.4 Å². The number of halogens is 2. The van der Waals surface area contributed by atoms with Crippen molar-refractivity contribution >= 4 is 29.1 Å². The van der Waals surface area contributed by atoms with Crippen molar-refractivity contribution < 1.29 is 9.31 Å². The molecular weight excluding hydrogens is 319 g/mol. The second kappa shape index (κ2) is 6.86. The molecule has 1 aromatic carbocycles. The van der Waals surface area contributed by atoms with Crippen LogP contribution in [0.5, 0.6) is 0 Å². The number of nitro groups is 1.